The number of nitrogens with two attached hydrogens (primary N) is 1. The van der Waals surface area contributed by atoms with E-state index < -0.39 is 0 Å². The molecule has 1 aliphatic heterocycles. The SMILES string of the molecule is CC(C)c1ccc(N2CCC(C)(N)CC2)cc1. The lowest BCUT2D eigenvalue weighted by molar-refractivity contribution is 0.364. The zero-order chi connectivity index (χ0) is 12.5. The van der Waals surface area contributed by atoms with E-state index in [0.717, 1.165) is 25.9 Å². The van der Waals surface area contributed by atoms with Gasteiger partial charge in [0.2, 0.25) is 0 Å². The standard InChI is InChI=1S/C15H24N2/c1-12(2)13-4-6-14(7-5-13)17-10-8-15(3,16)9-11-17/h4-7,12H,8-11,16H2,1-3H3. The van der Waals surface area contributed by atoms with Crippen LogP contribution in [-0.2, 0) is 0 Å². The van der Waals surface area contributed by atoms with Crippen LogP contribution >= 0.6 is 0 Å². The summed E-state index contributed by atoms with van der Waals surface area (Å²) in [6, 6.07) is 8.98. The maximum absolute atomic E-state index is 6.16. The highest BCUT2D eigenvalue weighted by atomic mass is 15.1. The Morgan fingerprint density at radius 1 is 1.12 bits per heavy atom. The third kappa shape index (κ3) is 3.01. The third-order valence-corrected chi connectivity index (χ3v) is 3.83. The van der Waals surface area contributed by atoms with Gasteiger partial charge in [-0.2, -0.15) is 0 Å². The van der Waals surface area contributed by atoms with E-state index in [9.17, 15) is 0 Å². The van der Waals surface area contributed by atoms with Crippen molar-refractivity contribution in [2.75, 3.05) is 18.0 Å². The van der Waals surface area contributed by atoms with Crippen molar-refractivity contribution in [1.29, 1.82) is 0 Å². The first-order chi connectivity index (χ1) is 7.98. The summed E-state index contributed by atoms with van der Waals surface area (Å²) >= 11 is 0. The van der Waals surface area contributed by atoms with Gasteiger partial charge in [-0.05, 0) is 43.4 Å². The number of nitrogens with zero attached hydrogens (tertiary/aromatic N) is 1. The smallest absolute Gasteiger partial charge is 0.0366 e. The van der Waals surface area contributed by atoms with E-state index >= 15 is 0 Å². The van der Waals surface area contributed by atoms with Gasteiger partial charge < -0.3 is 10.6 Å². The quantitative estimate of drug-likeness (QED) is 0.849. The molecule has 1 aromatic rings. The van der Waals surface area contributed by atoms with Gasteiger partial charge in [0, 0.05) is 24.3 Å². The lowest BCUT2D eigenvalue weighted by Crippen LogP contribution is -2.48. The summed E-state index contributed by atoms with van der Waals surface area (Å²) in [5.74, 6) is 0.609. The molecular formula is C15H24N2. The second-order valence-electron chi connectivity index (χ2n) is 5.89. The molecule has 1 fully saturated rings. The summed E-state index contributed by atoms with van der Waals surface area (Å²) in [6.45, 7) is 8.78. The van der Waals surface area contributed by atoms with Gasteiger partial charge >= 0.3 is 0 Å². The number of hydrogen-bond donors (Lipinski definition) is 1. The zero-order valence-electron chi connectivity index (χ0n) is 11.2. The largest absolute Gasteiger partial charge is 0.371 e. The molecule has 0 bridgehead atoms. The van der Waals surface area contributed by atoms with Crippen molar-refractivity contribution >= 4 is 5.69 Å². The van der Waals surface area contributed by atoms with Crippen LogP contribution < -0.4 is 10.6 Å². The van der Waals surface area contributed by atoms with Crippen LogP contribution in [0.5, 0.6) is 0 Å². The normalized spacial score (nSPS) is 19.7. The Labute approximate surface area is 105 Å². The Bertz CT molecular complexity index is 355. The minimum Gasteiger partial charge on any atom is -0.371 e. The fourth-order valence-electron chi connectivity index (χ4n) is 2.35. The molecule has 17 heavy (non-hydrogen) atoms. The molecule has 0 radical (unpaired) electrons. The molecule has 2 nitrogen and oxygen atoms in total. The van der Waals surface area contributed by atoms with Crippen molar-refractivity contribution in [3.8, 4) is 0 Å². The molecular weight excluding hydrogens is 208 g/mol. The molecule has 2 rings (SSSR count). The summed E-state index contributed by atoms with van der Waals surface area (Å²) in [6.07, 6.45) is 2.16. The first kappa shape index (κ1) is 12.4. The van der Waals surface area contributed by atoms with Gasteiger partial charge in [-0.1, -0.05) is 26.0 Å². The van der Waals surface area contributed by atoms with Crippen LogP contribution in [0.4, 0.5) is 5.69 Å². The molecule has 0 amide bonds. The second kappa shape index (κ2) is 4.69. The summed E-state index contributed by atoms with van der Waals surface area (Å²) in [4.78, 5) is 2.44. The molecule has 1 aliphatic rings. The van der Waals surface area contributed by atoms with Gasteiger partial charge in [0.25, 0.3) is 0 Å². The minimum atomic E-state index is 0.0361. The number of benzene rings is 1. The average molecular weight is 232 g/mol. The Morgan fingerprint density at radius 3 is 2.12 bits per heavy atom. The van der Waals surface area contributed by atoms with Crippen molar-refractivity contribution in [2.45, 2.75) is 45.1 Å². The van der Waals surface area contributed by atoms with Crippen molar-refractivity contribution in [3.63, 3.8) is 0 Å². The maximum Gasteiger partial charge on any atom is 0.0366 e. The van der Waals surface area contributed by atoms with Crippen LogP contribution in [0.15, 0.2) is 24.3 Å². The molecule has 1 aromatic carbocycles. The Morgan fingerprint density at radius 2 is 1.65 bits per heavy atom. The van der Waals surface area contributed by atoms with E-state index in [1.165, 1.54) is 11.3 Å². The van der Waals surface area contributed by atoms with E-state index in [-0.39, 0.29) is 5.54 Å². The molecule has 2 N–H and O–H groups in total. The highest BCUT2D eigenvalue weighted by Crippen LogP contribution is 2.25. The van der Waals surface area contributed by atoms with Crippen LogP contribution in [0.2, 0.25) is 0 Å². The second-order valence-corrected chi connectivity index (χ2v) is 5.89. The van der Waals surface area contributed by atoms with Crippen LogP contribution in [0.1, 0.15) is 45.1 Å². The van der Waals surface area contributed by atoms with Gasteiger partial charge in [-0.15, -0.1) is 0 Å². The number of rotatable bonds is 2. The van der Waals surface area contributed by atoms with E-state index in [1.807, 2.05) is 0 Å². The average Bonchev–Trinajstić information content (AvgIpc) is 2.29. The van der Waals surface area contributed by atoms with E-state index in [4.69, 9.17) is 5.73 Å². The summed E-state index contributed by atoms with van der Waals surface area (Å²) in [7, 11) is 0. The zero-order valence-corrected chi connectivity index (χ0v) is 11.2. The third-order valence-electron chi connectivity index (χ3n) is 3.83. The Hall–Kier alpha value is -1.02. The highest BCUT2D eigenvalue weighted by Gasteiger charge is 2.25. The fourth-order valence-corrected chi connectivity index (χ4v) is 2.35. The first-order valence-electron chi connectivity index (χ1n) is 6.62. The van der Waals surface area contributed by atoms with Crippen molar-refractivity contribution in [3.05, 3.63) is 29.8 Å². The van der Waals surface area contributed by atoms with Gasteiger partial charge in [0.1, 0.15) is 0 Å². The van der Waals surface area contributed by atoms with E-state index in [2.05, 4.69) is 49.9 Å². The summed E-state index contributed by atoms with van der Waals surface area (Å²) < 4.78 is 0. The number of piperidine rings is 1. The predicted octanol–water partition coefficient (Wildman–Crippen LogP) is 3.13. The van der Waals surface area contributed by atoms with Crippen LogP contribution in [0.25, 0.3) is 0 Å². The Kier molecular flexibility index (Phi) is 3.43. The molecule has 1 saturated heterocycles. The van der Waals surface area contributed by atoms with Crippen LogP contribution in [0, 0.1) is 0 Å². The molecule has 0 spiro atoms. The summed E-state index contributed by atoms with van der Waals surface area (Å²) in [5.41, 5.74) is 8.94. The monoisotopic (exact) mass is 232 g/mol. The molecule has 2 heteroatoms. The molecule has 0 atom stereocenters. The van der Waals surface area contributed by atoms with Crippen molar-refractivity contribution in [2.24, 2.45) is 5.73 Å². The van der Waals surface area contributed by atoms with Gasteiger partial charge in [0.15, 0.2) is 0 Å². The van der Waals surface area contributed by atoms with Crippen LogP contribution in [0.3, 0.4) is 0 Å². The molecule has 0 aliphatic carbocycles. The van der Waals surface area contributed by atoms with Crippen molar-refractivity contribution in [1.82, 2.24) is 0 Å². The molecule has 0 aromatic heterocycles. The van der Waals surface area contributed by atoms with Gasteiger partial charge in [-0.3, -0.25) is 0 Å². The molecule has 1 heterocycles. The number of hydrogen-bond acceptors (Lipinski definition) is 2. The first-order valence-corrected chi connectivity index (χ1v) is 6.62. The molecule has 0 saturated carbocycles. The van der Waals surface area contributed by atoms with Crippen molar-refractivity contribution < 1.29 is 0 Å². The highest BCUT2D eigenvalue weighted by molar-refractivity contribution is 5.48. The summed E-state index contributed by atoms with van der Waals surface area (Å²) in [5, 5.41) is 0. The maximum atomic E-state index is 6.16. The predicted molar refractivity (Wildman–Crippen MR) is 74.6 cm³/mol. The van der Waals surface area contributed by atoms with E-state index in [1.54, 1.807) is 0 Å². The Balaban J connectivity index is 2.04. The topological polar surface area (TPSA) is 29.3 Å². The van der Waals surface area contributed by atoms with Gasteiger partial charge in [0.05, 0.1) is 0 Å². The lowest BCUT2D eigenvalue weighted by Gasteiger charge is -2.38. The van der Waals surface area contributed by atoms with Gasteiger partial charge in [-0.25, -0.2) is 0 Å². The van der Waals surface area contributed by atoms with Crippen LogP contribution in [-0.4, -0.2) is 18.6 Å². The fraction of sp³-hybridized carbons (Fsp3) is 0.600. The minimum absolute atomic E-state index is 0.0361. The molecule has 0 unspecified atom stereocenters. The molecule has 94 valence electrons. The number of anilines is 1. The lowest BCUT2D eigenvalue weighted by atomic mass is 9.90. The van der Waals surface area contributed by atoms with E-state index in [0.29, 0.717) is 5.92 Å².